The summed E-state index contributed by atoms with van der Waals surface area (Å²) < 4.78 is 7.59. The van der Waals surface area contributed by atoms with E-state index in [0.717, 1.165) is 34.1 Å². The summed E-state index contributed by atoms with van der Waals surface area (Å²) in [5.41, 5.74) is 3.67. The number of hydrogen-bond acceptors (Lipinski definition) is 3. The lowest BCUT2D eigenvalue weighted by Crippen LogP contribution is -2.06. The molecule has 0 aliphatic heterocycles. The number of aryl methyl sites for hydroxylation is 2. The molecule has 0 aliphatic carbocycles. The van der Waals surface area contributed by atoms with Gasteiger partial charge < -0.3 is 4.74 Å². The van der Waals surface area contributed by atoms with Crippen LogP contribution < -0.4 is 0 Å². The van der Waals surface area contributed by atoms with Gasteiger partial charge in [0.15, 0.2) is 0 Å². The van der Waals surface area contributed by atoms with E-state index in [4.69, 9.17) is 4.74 Å². The van der Waals surface area contributed by atoms with E-state index in [1.165, 1.54) is 7.11 Å². The van der Waals surface area contributed by atoms with Crippen molar-refractivity contribution in [3.63, 3.8) is 0 Å². The van der Waals surface area contributed by atoms with E-state index in [1.54, 1.807) is 6.20 Å². The second-order valence-corrected chi connectivity index (χ2v) is 5.43. The number of ether oxygens (including phenoxy) is 1. The summed E-state index contributed by atoms with van der Waals surface area (Å²) >= 11 is 3.50. The van der Waals surface area contributed by atoms with Crippen molar-refractivity contribution in [1.29, 1.82) is 0 Å². The summed E-state index contributed by atoms with van der Waals surface area (Å²) in [4.78, 5) is 11.8. The van der Waals surface area contributed by atoms with E-state index in [0.29, 0.717) is 5.56 Å². The molecule has 2 aromatic rings. The largest absolute Gasteiger partial charge is 0.465 e. The van der Waals surface area contributed by atoms with E-state index in [9.17, 15) is 4.79 Å². The summed E-state index contributed by atoms with van der Waals surface area (Å²) in [7, 11) is 3.30. The predicted molar refractivity (Wildman–Crippen MR) is 81.7 cm³/mol. The lowest BCUT2D eigenvalue weighted by atomic mass is 9.99. The van der Waals surface area contributed by atoms with Crippen molar-refractivity contribution in [2.24, 2.45) is 7.05 Å². The van der Waals surface area contributed by atoms with Crippen LogP contribution in [0.5, 0.6) is 0 Å². The summed E-state index contributed by atoms with van der Waals surface area (Å²) in [6.07, 6.45) is 3.58. The van der Waals surface area contributed by atoms with Crippen LogP contribution in [0.3, 0.4) is 0 Å². The number of esters is 1. The molecule has 1 heterocycles. The number of aromatic nitrogens is 2. The molecule has 20 heavy (non-hydrogen) atoms. The summed E-state index contributed by atoms with van der Waals surface area (Å²) in [6.45, 7) is 2.09. The van der Waals surface area contributed by atoms with Gasteiger partial charge >= 0.3 is 5.97 Å². The number of carbonyl (C=O) groups excluding carboxylic acids is 1. The van der Waals surface area contributed by atoms with Gasteiger partial charge in [-0.1, -0.05) is 19.4 Å². The Kier molecular flexibility index (Phi) is 4.60. The zero-order chi connectivity index (χ0) is 14.7. The SMILES string of the molecule is CCCc1cc(-c2c(Br)cnn2C)ccc1C(=O)OC. The Bertz CT molecular complexity index is 615. The van der Waals surface area contributed by atoms with Crippen LogP contribution in [0.4, 0.5) is 0 Å². The molecule has 2 rings (SSSR count). The van der Waals surface area contributed by atoms with Crippen molar-refractivity contribution in [3.8, 4) is 11.3 Å². The van der Waals surface area contributed by atoms with Crippen molar-refractivity contribution in [1.82, 2.24) is 9.78 Å². The minimum Gasteiger partial charge on any atom is -0.465 e. The fraction of sp³-hybridized carbons (Fsp3) is 0.333. The van der Waals surface area contributed by atoms with Gasteiger partial charge in [-0.3, -0.25) is 4.68 Å². The number of nitrogens with zero attached hydrogens (tertiary/aromatic N) is 2. The topological polar surface area (TPSA) is 44.1 Å². The Morgan fingerprint density at radius 2 is 2.20 bits per heavy atom. The lowest BCUT2D eigenvalue weighted by molar-refractivity contribution is 0.0599. The molecule has 0 radical (unpaired) electrons. The molecule has 0 unspecified atom stereocenters. The van der Waals surface area contributed by atoms with Crippen molar-refractivity contribution >= 4 is 21.9 Å². The molecule has 0 aliphatic rings. The maximum absolute atomic E-state index is 11.8. The molecule has 0 amide bonds. The average Bonchev–Trinajstić information content (AvgIpc) is 2.78. The molecule has 0 fully saturated rings. The van der Waals surface area contributed by atoms with Crippen LogP contribution in [-0.2, 0) is 18.2 Å². The zero-order valence-electron chi connectivity index (χ0n) is 11.8. The molecule has 0 spiro atoms. The molecular formula is C15H17BrN2O2. The van der Waals surface area contributed by atoms with E-state index in [2.05, 4.69) is 28.0 Å². The van der Waals surface area contributed by atoms with E-state index >= 15 is 0 Å². The number of benzene rings is 1. The second kappa shape index (κ2) is 6.22. The number of carbonyl (C=O) groups is 1. The standard InChI is InChI=1S/C15H17BrN2O2/c1-4-5-10-8-11(6-7-12(10)15(19)20-3)14-13(16)9-17-18(14)2/h6-9H,4-5H2,1-3H3. The second-order valence-electron chi connectivity index (χ2n) is 4.58. The molecular weight excluding hydrogens is 320 g/mol. The highest BCUT2D eigenvalue weighted by Crippen LogP contribution is 2.29. The highest BCUT2D eigenvalue weighted by molar-refractivity contribution is 9.10. The molecule has 0 bridgehead atoms. The number of methoxy groups -OCH3 is 1. The normalized spacial score (nSPS) is 10.6. The first-order valence-electron chi connectivity index (χ1n) is 6.47. The van der Waals surface area contributed by atoms with Crippen LogP contribution in [0.15, 0.2) is 28.9 Å². The van der Waals surface area contributed by atoms with Crippen LogP contribution in [-0.4, -0.2) is 22.9 Å². The molecule has 0 saturated carbocycles. The molecule has 5 heteroatoms. The van der Waals surface area contributed by atoms with Gasteiger partial charge in [0.2, 0.25) is 0 Å². The van der Waals surface area contributed by atoms with Crippen LogP contribution >= 0.6 is 15.9 Å². The summed E-state index contributed by atoms with van der Waals surface area (Å²) in [5, 5.41) is 4.22. The van der Waals surface area contributed by atoms with Crippen LogP contribution in [0.1, 0.15) is 29.3 Å². The molecule has 0 saturated heterocycles. The fourth-order valence-electron chi connectivity index (χ4n) is 2.26. The average molecular weight is 337 g/mol. The highest BCUT2D eigenvalue weighted by atomic mass is 79.9. The minimum absolute atomic E-state index is 0.288. The van der Waals surface area contributed by atoms with Crippen molar-refractivity contribution in [2.75, 3.05) is 7.11 Å². The Hall–Kier alpha value is -1.62. The third kappa shape index (κ3) is 2.77. The first-order chi connectivity index (χ1) is 9.58. The third-order valence-corrected chi connectivity index (χ3v) is 3.78. The number of hydrogen-bond donors (Lipinski definition) is 0. The molecule has 4 nitrogen and oxygen atoms in total. The van der Waals surface area contributed by atoms with Gasteiger partial charge in [-0.25, -0.2) is 4.79 Å². The van der Waals surface area contributed by atoms with Gasteiger partial charge in [-0.15, -0.1) is 0 Å². The maximum Gasteiger partial charge on any atom is 0.338 e. The Morgan fingerprint density at radius 1 is 1.45 bits per heavy atom. The van der Waals surface area contributed by atoms with Crippen LogP contribution in [0.2, 0.25) is 0 Å². The van der Waals surface area contributed by atoms with Crippen molar-refractivity contribution in [2.45, 2.75) is 19.8 Å². The lowest BCUT2D eigenvalue weighted by Gasteiger charge is -2.10. The van der Waals surface area contributed by atoms with Gasteiger partial charge in [0.05, 0.1) is 29.0 Å². The van der Waals surface area contributed by atoms with Gasteiger partial charge in [0, 0.05) is 12.6 Å². The highest BCUT2D eigenvalue weighted by Gasteiger charge is 2.15. The van der Waals surface area contributed by atoms with Crippen molar-refractivity contribution in [3.05, 3.63) is 40.0 Å². The van der Waals surface area contributed by atoms with E-state index in [1.807, 2.05) is 29.9 Å². The Labute approximate surface area is 126 Å². The van der Waals surface area contributed by atoms with Gasteiger partial charge in [0.1, 0.15) is 0 Å². The maximum atomic E-state index is 11.8. The van der Waals surface area contributed by atoms with E-state index < -0.39 is 0 Å². The summed E-state index contributed by atoms with van der Waals surface area (Å²) in [6, 6.07) is 5.79. The first kappa shape index (κ1) is 14.8. The molecule has 0 atom stereocenters. The van der Waals surface area contributed by atoms with Crippen LogP contribution in [0.25, 0.3) is 11.3 Å². The molecule has 0 N–H and O–H groups in total. The first-order valence-corrected chi connectivity index (χ1v) is 7.26. The molecule has 106 valence electrons. The van der Waals surface area contributed by atoms with E-state index in [-0.39, 0.29) is 5.97 Å². The fourth-order valence-corrected chi connectivity index (χ4v) is 2.84. The smallest absolute Gasteiger partial charge is 0.338 e. The summed E-state index contributed by atoms with van der Waals surface area (Å²) in [5.74, 6) is -0.288. The van der Waals surface area contributed by atoms with Crippen molar-refractivity contribution < 1.29 is 9.53 Å². The van der Waals surface area contributed by atoms with Gasteiger partial charge in [0.25, 0.3) is 0 Å². The minimum atomic E-state index is -0.288. The molecule has 1 aromatic carbocycles. The Morgan fingerprint density at radius 3 is 2.75 bits per heavy atom. The quantitative estimate of drug-likeness (QED) is 0.801. The Balaban J connectivity index is 2.53. The van der Waals surface area contributed by atoms with Crippen LogP contribution in [0, 0.1) is 0 Å². The number of halogens is 1. The zero-order valence-corrected chi connectivity index (χ0v) is 13.4. The third-order valence-electron chi connectivity index (χ3n) is 3.20. The number of rotatable bonds is 4. The monoisotopic (exact) mass is 336 g/mol. The van der Waals surface area contributed by atoms with Gasteiger partial charge in [-0.05, 0) is 40.0 Å². The van der Waals surface area contributed by atoms with Gasteiger partial charge in [-0.2, -0.15) is 5.10 Å². The molecule has 1 aromatic heterocycles. The predicted octanol–water partition coefficient (Wildman–Crippen LogP) is 3.59.